The van der Waals surface area contributed by atoms with Crippen molar-refractivity contribution in [1.29, 1.82) is 5.26 Å². The maximum absolute atomic E-state index is 13.7. The topological polar surface area (TPSA) is 83.1 Å². The number of nitrogens with zero attached hydrogens (tertiary/aromatic N) is 1. The molecule has 2 aliphatic rings. The van der Waals surface area contributed by atoms with Gasteiger partial charge in [0.1, 0.15) is 11.9 Å². The van der Waals surface area contributed by atoms with E-state index in [0.29, 0.717) is 10.0 Å². The van der Waals surface area contributed by atoms with Crippen LogP contribution in [0.2, 0.25) is 0 Å². The molecule has 2 heterocycles. The van der Waals surface area contributed by atoms with Crippen molar-refractivity contribution in [3.05, 3.63) is 81.4 Å². The standard InChI is InChI=1S/C19H16BrFN4O/c20-13-8-11(6-7-14(13)21)15-12(9-22)18(23)26-19-16(15)17(24-25-19)10-4-2-1-3-5-10/h1-8,15-17,19,24-25H,23H2. The highest BCUT2D eigenvalue weighted by molar-refractivity contribution is 9.10. The molecule has 0 aliphatic carbocycles. The highest BCUT2D eigenvalue weighted by Crippen LogP contribution is 2.47. The summed E-state index contributed by atoms with van der Waals surface area (Å²) in [6.45, 7) is 0. The van der Waals surface area contributed by atoms with Gasteiger partial charge in [-0.25, -0.2) is 15.2 Å². The molecule has 0 spiro atoms. The molecule has 0 saturated carbocycles. The van der Waals surface area contributed by atoms with Crippen molar-refractivity contribution in [2.75, 3.05) is 0 Å². The van der Waals surface area contributed by atoms with E-state index < -0.39 is 6.23 Å². The van der Waals surface area contributed by atoms with Gasteiger partial charge in [0, 0.05) is 11.8 Å². The Labute approximate surface area is 158 Å². The molecule has 132 valence electrons. The van der Waals surface area contributed by atoms with Crippen LogP contribution in [-0.4, -0.2) is 6.23 Å². The number of benzene rings is 2. The zero-order valence-electron chi connectivity index (χ0n) is 13.6. The molecule has 26 heavy (non-hydrogen) atoms. The number of ether oxygens (including phenoxy) is 1. The third-order valence-electron chi connectivity index (χ3n) is 4.91. The average Bonchev–Trinajstić information content (AvgIpc) is 3.07. The zero-order chi connectivity index (χ0) is 18.3. The van der Waals surface area contributed by atoms with Crippen molar-refractivity contribution >= 4 is 15.9 Å². The summed E-state index contributed by atoms with van der Waals surface area (Å²) in [5, 5.41) is 9.70. The van der Waals surface area contributed by atoms with Gasteiger partial charge in [-0.15, -0.1) is 0 Å². The van der Waals surface area contributed by atoms with E-state index in [2.05, 4.69) is 32.9 Å². The van der Waals surface area contributed by atoms with Crippen LogP contribution in [0.5, 0.6) is 0 Å². The molecule has 0 radical (unpaired) electrons. The second-order valence-electron chi connectivity index (χ2n) is 6.33. The lowest BCUT2D eigenvalue weighted by Crippen LogP contribution is -2.41. The lowest BCUT2D eigenvalue weighted by Gasteiger charge is -2.36. The summed E-state index contributed by atoms with van der Waals surface area (Å²) in [5.74, 6) is -0.711. The number of fused-ring (bicyclic) bond motifs is 1. The average molecular weight is 415 g/mol. The van der Waals surface area contributed by atoms with Crippen LogP contribution < -0.4 is 16.6 Å². The van der Waals surface area contributed by atoms with Gasteiger partial charge in [0.15, 0.2) is 6.23 Å². The van der Waals surface area contributed by atoms with Gasteiger partial charge in [0.25, 0.3) is 0 Å². The largest absolute Gasteiger partial charge is 0.458 e. The highest BCUT2D eigenvalue weighted by Gasteiger charge is 2.49. The third kappa shape index (κ3) is 2.76. The van der Waals surface area contributed by atoms with Crippen LogP contribution >= 0.6 is 15.9 Å². The number of nitriles is 1. The Kier molecular flexibility index (Phi) is 4.41. The van der Waals surface area contributed by atoms with Gasteiger partial charge in [-0.05, 0) is 39.2 Å². The van der Waals surface area contributed by atoms with E-state index in [1.54, 1.807) is 12.1 Å². The van der Waals surface area contributed by atoms with Crippen LogP contribution in [0.15, 0.2) is 64.5 Å². The first-order valence-corrected chi connectivity index (χ1v) is 8.97. The van der Waals surface area contributed by atoms with Crippen molar-refractivity contribution in [3.8, 4) is 6.07 Å². The second-order valence-corrected chi connectivity index (χ2v) is 7.19. The number of hydrogen-bond donors (Lipinski definition) is 3. The van der Waals surface area contributed by atoms with E-state index in [1.807, 2.05) is 30.3 Å². The fourth-order valence-corrected chi connectivity index (χ4v) is 4.14. The molecule has 4 N–H and O–H groups in total. The Balaban J connectivity index is 1.84. The van der Waals surface area contributed by atoms with Crippen LogP contribution in [0.25, 0.3) is 0 Å². The Morgan fingerprint density at radius 1 is 1.12 bits per heavy atom. The van der Waals surface area contributed by atoms with Gasteiger partial charge in [-0.1, -0.05) is 36.4 Å². The number of nitrogens with one attached hydrogen (secondary N) is 2. The Morgan fingerprint density at radius 2 is 1.88 bits per heavy atom. The fraction of sp³-hybridized carbons (Fsp3) is 0.211. The first kappa shape index (κ1) is 17.0. The molecule has 2 aromatic rings. The normalized spacial score (nSPS) is 27.6. The molecule has 5 nitrogen and oxygen atoms in total. The van der Waals surface area contributed by atoms with Crippen molar-refractivity contribution in [1.82, 2.24) is 10.9 Å². The summed E-state index contributed by atoms with van der Waals surface area (Å²) in [6, 6.07) is 16.8. The highest BCUT2D eigenvalue weighted by atomic mass is 79.9. The minimum Gasteiger partial charge on any atom is -0.458 e. The number of hydrogen-bond acceptors (Lipinski definition) is 5. The van der Waals surface area contributed by atoms with Crippen molar-refractivity contribution in [3.63, 3.8) is 0 Å². The van der Waals surface area contributed by atoms with Crippen LogP contribution in [0.4, 0.5) is 4.39 Å². The van der Waals surface area contributed by atoms with Gasteiger partial charge in [0.05, 0.1) is 16.1 Å². The van der Waals surface area contributed by atoms with Crippen molar-refractivity contribution < 1.29 is 9.13 Å². The Bertz CT molecular complexity index is 912. The van der Waals surface area contributed by atoms with E-state index in [9.17, 15) is 9.65 Å². The van der Waals surface area contributed by atoms with Gasteiger partial charge in [0.2, 0.25) is 5.88 Å². The van der Waals surface area contributed by atoms with Gasteiger partial charge >= 0.3 is 0 Å². The van der Waals surface area contributed by atoms with E-state index in [0.717, 1.165) is 11.1 Å². The molecule has 1 fully saturated rings. The number of hydrazine groups is 1. The van der Waals surface area contributed by atoms with E-state index in [4.69, 9.17) is 10.5 Å². The predicted octanol–water partition coefficient (Wildman–Crippen LogP) is 3.19. The maximum Gasteiger partial charge on any atom is 0.200 e. The summed E-state index contributed by atoms with van der Waals surface area (Å²) in [4.78, 5) is 0. The van der Waals surface area contributed by atoms with Crippen molar-refractivity contribution in [2.24, 2.45) is 11.7 Å². The van der Waals surface area contributed by atoms with E-state index >= 15 is 0 Å². The molecule has 2 aliphatic heterocycles. The molecule has 0 bridgehead atoms. The molecular formula is C19H16BrFN4O. The summed E-state index contributed by atoms with van der Waals surface area (Å²) in [6.07, 6.45) is -0.397. The lowest BCUT2D eigenvalue weighted by molar-refractivity contribution is 0.0340. The van der Waals surface area contributed by atoms with Gasteiger partial charge < -0.3 is 10.5 Å². The summed E-state index contributed by atoms with van der Waals surface area (Å²) in [5.41, 5.74) is 14.6. The first-order chi connectivity index (χ1) is 12.6. The Morgan fingerprint density at radius 3 is 2.58 bits per heavy atom. The minimum absolute atomic E-state index is 0.0912. The quantitative estimate of drug-likeness (QED) is 0.702. The SMILES string of the molecule is N#CC1=C(N)OC2NNC(c3ccccc3)C2C1c1ccc(F)c(Br)c1. The van der Waals surface area contributed by atoms with Crippen LogP contribution in [0, 0.1) is 23.1 Å². The summed E-state index contributed by atoms with van der Waals surface area (Å²) < 4.78 is 19.8. The summed E-state index contributed by atoms with van der Waals surface area (Å²) >= 11 is 3.23. The van der Waals surface area contributed by atoms with E-state index in [-0.39, 0.29) is 29.6 Å². The third-order valence-corrected chi connectivity index (χ3v) is 5.52. The first-order valence-electron chi connectivity index (χ1n) is 8.17. The van der Waals surface area contributed by atoms with Crippen LogP contribution in [-0.2, 0) is 4.74 Å². The second kappa shape index (κ2) is 6.72. The predicted molar refractivity (Wildman–Crippen MR) is 97.5 cm³/mol. The lowest BCUT2D eigenvalue weighted by atomic mass is 9.74. The molecule has 2 aromatic carbocycles. The van der Waals surface area contributed by atoms with Gasteiger partial charge in [-0.3, -0.25) is 0 Å². The van der Waals surface area contributed by atoms with E-state index in [1.165, 1.54) is 6.07 Å². The molecular weight excluding hydrogens is 399 g/mol. The van der Waals surface area contributed by atoms with Gasteiger partial charge in [-0.2, -0.15) is 5.26 Å². The molecule has 0 aromatic heterocycles. The molecule has 7 heteroatoms. The molecule has 1 saturated heterocycles. The Hall–Kier alpha value is -2.40. The van der Waals surface area contributed by atoms with Crippen molar-refractivity contribution in [2.45, 2.75) is 18.2 Å². The molecule has 4 rings (SSSR count). The number of nitrogens with two attached hydrogens (primary N) is 1. The summed E-state index contributed by atoms with van der Waals surface area (Å²) in [7, 11) is 0. The fourth-order valence-electron chi connectivity index (χ4n) is 3.75. The van der Waals surface area contributed by atoms with Crippen LogP contribution in [0.1, 0.15) is 23.1 Å². The monoisotopic (exact) mass is 414 g/mol. The molecule has 0 amide bonds. The molecule has 4 atom stereocenters. The number of allylic oxidation sites excluding steroid dienone is 1. The maximum atomic E-state index is 13.7. The number of halogens is 2. The van der Waals surface area contributed by atoms with Crippen LogP contribution in [0.3, 0.4) is 0 Å². The zero-order valence-corrected chi connectivity index (χ0v) is 15.2. The molecule has 4 unspecified atom stereocenters. The number of rotatable bonds is 2. The smallest absolute Gasteiger partial charge is 0.200 e. The minimum atomic E-state index is -0.397.